The van der Waals surface area contributed by atoms with Crippen molar-refractivity contribution in [3.8, 4) is 0 Å². The third-order valence-electron chi connectivity index (χ3n) is 3.71. The molecule has 20 heavy (non-hydrogen) atoms. The Hall–Kier alpha value is -1.10. The molecule has 112 valence electrons. The second-order valence-electron chi connectivity index (χ2n) is 6.05. The number of hydrogen-bond donors (Lipinski definition) is 2. The first-order chi connectivity index (χ1) is 9.46. The largest absolute Gasteiger partial charge is 0.394 e. The fourth-order valence-electron chi connectivity index (χ4n) is 2.85. The fourth-order valence-corrected chi connectivity index (χ4v) is 2.85. The summed E-state index contributed by atoms with van der Waals surface area (Å²) < 4.78 is 5.85. The van der Waals surface area contributed by atoms with Gasteiger partial charge in [0.25, 0.3) is 0 Å². The maximum atomic E-state index is 10.2. The Morgan fingerprint density at radius 3 is 2.75 bits per heavy atom. The van der Waals surface area contributed by atoms with Crippen LogP contribution < -0.4 is 4.90 Å². The van der Waals surface area contributed by atoms with E-state index in [0.29, 0.717) is 13.0 Å². The molecule has 2 rings (SSSR count). The Labute approximate surface area is 121 Å². The van der Waals surface area contributed by atoms with Crippen molar-refractivity contribution in [2.24, 2.45) is 0 Å². The Kier molecular flexibility index (Phi) is 4.68. The molecule has 1 aromatic rings. The number of para-hydroxylation sites is 1. The molecule has 0 aromatic heterocycles. The molecule has 0 aliphatic carbocycles. The number of ether oxygens (including phenoxy) is 1. The zero-order chi connectivity index (χ0) is 14.8. The molecule has 0 saturated carbocycles. The van der Waals surface area contributed by atoms with E-state index in [1.54, 1.807) is 0 Å². The van der Waals surface area contributed by atoms with Crippen LogP contribution in [0.1, 0.15) is 38.9 Å². The van der Waals surface area contributed by atoms with Gasteiger partial charge in [0.1, 0.15) is 0 Å². The van der Waals surface area contributed by atoms with Crippen LogP contribution in [0.2, 0.25) is 0 Å². The lowest BCUT2D eigenvalue weighted by Crippen LogP contribution is -2.54. The monoisotopic (exact) mass is 279 g/mol. The maximum absolute atomic E-state index is 10.2. The van der Waals surface area contributed by atoms with E-state index in [2.05, 4.69) is 4.90 Å². The smallest absolute Gasteiger partial charge is 0.0988 e. The molecule has 4 nitrogen and oxygen atoms in total. The van der Waals surface area contributed by atoms with Crippen molar-refractivity contribution in [2.75, 3.05) is 24.6 Å². The van der Waals surface area contributed by atoms with Gasteiger partial charge in [0.05, 0.1) is 24.4 Å². The molecule has 0 spiro atoms. The zero-order valence-corrected chi connectivity index (χ0v) is 12.5. The number of hydrogen-bond acceptors (Lipinski definition) is 4. The van der Waals surface area contributed by atoms with Gasteiger partial charge >= 0.3 is 0 Å². The predicted octanol–water partition coefficient (Wildman–Crippen LogP) is 2.11. The summed E-state index contributed by atoms with van der Waals surface area (Å²) in [6.45, 7) is 7.44. The molecule has 0 amide bonds. The van der Waals surface area contributed by atoms with Gasteiger partial charge in [0.2, 0.25) is 0 Å². The Balaban J connectivity index is 2.30. The number of nitrogens with zero attached hydrogens (tertiary/aromatic N) is 1. The van der Waals surface area contributed by atoms with Gasteiger partial charge in [0.15, 0.2) is 0 Å². The van der Waals surface area contributed by atoms with Gasteiger partial charge < -0.3 is 19.8 Å². The molecular weight excluding hydrogens is 254 g/mol. The van der Waals surface area contributed by atoms with Crippen molar-refractivity contribution < 1.29 is 14.9 Å². The molecule has 1 aliphatic heterocycles. The van der Waals surface area contributed by atoms with Gasteiger partial charge in [0, 0.05) is 24.3 Å². The van der Waals surface area contributed by atoms with Crippen molar-refractivity contribution >= 4 is 5.69 Å². The molecular formula is C16H25NO3. The third kappa shape index (κ3) is 3.32. The lowest BCUT2D eigenvalue weighted by molar-refractivity contribution is -0.101. The minimum absolute atomic E-state index is 0.0123. The van der Waals surface area contributed by atoms with E-state index in [0.717, 1.165) is 17.8 Å². The van der Waals surface area contributed by atoms with Crippen LogP contribution >= 0.6 is 0 Å². The van der Waals surface area contributed by atoms with Gasteiger partial charge in [-0.05, 0) is 26.3 Å². The SMILES string of the molecule is CC[C@@H](O)c1ccccc1N1CC(CO)OC(C)(C)C1. The lowest BCUT2D eigenvalue weighted by atomic mass is 10.00. The Morgan fingerprint density at radius 2 is 2.10 bits per heavy atom. The summed E-state index contributed by atoms with van der Waals surface area (Å²) in [7, 11) is 0. The topological polar surface area (TPSA) is 52.9 Å². The van der Waals surface area contributed by atoms with Crippen molar-refractivity contribution in [1.29, 1.82) is 0 Å². The van der Waals surface area contributed by atoms with E-state index in [4.69, 9.17) is 4.74 Å². The number of morpholine rings is 1. The molecule has 1 aliphatic rings. The summed E-state index contributed by atoms with van der Waals surface area (Å²) in [5.74, 6) is 0. The highest BCUT2D eigenvalue weighted by Crippen LogP contribution is 2.32. The average molecular weight is 279 g/mol. The summed E-state index contributed by atoms with van der Waals surface area (Å²) in [5, 5.41) is 19.6. The van der Waals surface area contributed by atoms with Crippen LogP contribution in [0.4, 0.5) is 5.69 Å². The highest BCUT2D eigenvalue weighted by Gasteiger charge is 2.34. The standard InChI is InChI=1S/C16H25NO3/c1-4-15(19)13-7-5-6-8-14(13)17-9-12(10-18)20-16(2,3)11-17/h5-8,12,15,18-19H,4,9-11H2,1-3H3/t12?,15-/m1/s1. The second-order valence-corrected chi connectivity index (χ2v) is 6.05. The van der Waals surface area contributed by atoms with Gasteiger partial charge in [-0.15, -0.1) is 0 Å². The highest BCUT2D eigenvalue weighted by molar-refractivity contribution is 5.55. The average Bonchev–Trinajstić information content (AvgIpc) is 2.44. The van der Waals surface area contributed by atoms with Crippen LogP contribution in [0.3, 0.4) is 0 Å². The number of benzene rings is 1. The van der Waals surface area contributed by atoms with E-state index in [9.17, 15) is 10.2 Å². The van der Waals surface area contributed by atoms with Crippen LogP contribution in [0.5, 0.6) is 0 Å². The van der Waals surface area contributed by atoms with Gasteiger partial charge in [-0.2, -0.15) is 0 Å². The molecule has 0 bridgehead atoms. The first kappa shape index (κ1) is 15.3. The van der Waals surface area contributed by atoms with E-state index < -0.39 is 6.10 Å². The molecule has 1 saturated heterocycles. The van der Waals surface area contributed by atoms with Gasteiger partial charge in [-0.3, -0.25) is 0 Å². The van der Waals surface area contributed by atoms with Crippen LogP contribution in [0.25, 0.3) is 0 Å². The van der Waals surface area contributed by atoms with Gasteiger partial charge in [-0.1, -0.05) is 25.1 Å². The molecule has 2 N–H and O–H groups in total. The van der Waals surface area contributed by atoms with E-state index >= 15 is 0 Å². The second kappa shape index (κ2) is 6.12. The van der Waals surface area contributed by atoms with Crippen molar-refractivity contribution in [3.05, 3.63) is 29.8 Å². The maximum Gasteiger partial charge on any atom is 0.0988 e. The number of aliphatic hydroxyl groups is 2. The number of aliphatic hydroxyl groups excluding tert-OH is 2. The van der Waals surface area contributed by atoms with Crippen LogP contribution in [0.15, 0.2) is 24.3 Å². The fraction of sp³-hybridized carbons (Fsp3) is 0.625. The Bertz CT molecular complexity index is 447. The number of anilines is 1. The van der Waals surface area contributed by atoms with E-state index in [1.807, 2.05) is 45.0 Å². The molecule has 1 heterocycles. The van der Waals surface area contributed by atoms with Crippen molar-refractivity contribution in [3.63, 3.8) is 0 Å². The predicted molar refractivity (Wildman–Crippen MR) is 79.9 cm³/mol. The van der Waals surface area contributed by atoms with E-state index in [1.165, 1.54) is 0 Å². The third-order valence-corrected chi connectivity index (χ3v) is 3.71. The molecule has 0 radical (unpaired) electrons. The van der Waals surface area contributed by atoms with Crippen molar-refractivity contribution in [1.82, 2.24) is 0 Å². The van der Waals surface area contributed by atoms with Gasteiger partial charge in [-0.25, -0.2) is 0 Å². The summed E-state index contributed by atoms with van der Waals surface area (Å²) >= 11 is 0. The highest BCUT2D eigenvalue weighted by atomic mass is 16.5. The first-order valence-electron chi connectivity index (χ1n) is 7.27. The normalized spacial score (nSPS) is 23.6. The molecule has 4 heteroatoms. The summed E-state index contributed by atoms with van der Waals surface area (Å²) in [5.41, 5.74) is 1.68. The van der Waals surface area contributed by atoms with Crippen LogP contribution in [-0.4, -0.2) is 41.6 Å². The summed E-state index contributed by atoms with van der Waals surface area (Å²) in [4.78, 5) is 2.21. The quantitative estimate of drug-likeness (QED) is 0.886. The Morgan fingerprint density at radius 1 is 1.40 bits per heavy atom. The molecule has 2 atom stereocenters. The van der Waals surface area contributed by atoms with Crippen LogP contribution in [-0.2, 0) is 4.74 Å². The zero-order valence-electron chi connectivity index (χ0n) is 12.5. The molecule has 1 aromatic carbocycles. The first-order valence-corrected chi connectivity index (χ1v) is 7.27. The van der Waals surface area contributed by atoms with Crippen molar-refractivity contribution in [2.45, 2.75) is 45.0 Å². The number of rotatable bonds is 4. The van der Waals surface area contributed by atoms with E-state index in [-0.39, 0.29) is 18.3 Å². The minimum atomic E-state index is -0.454. The molecule has 1 fully saturated rings. The minimum Gasteiger partial charge on any atom is -0.394 e. The summed E-state index contributed by atoms with van der Waals surface area (Å²) in [6, 6.07) is 7.94. The molecule has 1 unspecified atom stereocenters. The van der Waals surface area contributed by atoms with Crippen LogP contribution in [0, 0.1) is 0 Å². The lowest BCUT2D eigenvalue weighted by Gasteiger charge is -2.44. The summed E-state index contributed by atoms with van der Waals surface area (Å²) in [6.07, 6.45) is 0.0454.